The molecular formula is C15H28N2O3. The lowest BCUT2D eigenvalue weighted by Gasteiger charge is -2.24. The molecule has 1 aliphatic rings. The van der Waals surface area contributed by atoms with Crippen LogP contribution in [0.1, 0.15) is 52.9 Å². The summed E-state index contributed by atoms with van der Waals surface area (Å²) in [5, 5.41) is 15.3. The van der Waals surface area contributed by atoms with Crippen LogP contribution < -0.4 is 10.6 Å². The van der Waals surface area contributed by atoms with E-state index >= 15 is 0 Å². The van der Waals surface area contributed by atoms with Crippen molar-refractivity contribution in [2.45, 2.75) is 65.0 Å². The van der Waals surface area contributed by atoms with E-state index in [0.29, 0.717) is 12.3 Å². The fraction of sp³-hybridized carbons (Fsp3) is 0.867. The Balaban J connectivity index is 2.48. The molecule has 0 saturated heterocycles. The molecule has 0 aliphatic heterocycles. The molecule has 5 heteroatoms. The molecule has 3 N–H and O–H groups in total. The number of rotatable bonds is 7. The van der Waals surface area contributed by atoms with Crippen LogP contribution in [0.3, 0.4) is 0 Å². The van der Waals surface area contributed by atoms with Gasteiger partial charge in [-0.05, 0) is 31.1 Å². The number of nitrogens with one attached hydrogen (secondary N) is 2. The van der Waals surface area contributed by atoms with Crippen molar-refractivity contribution in [3.05, 3.63) is 0 Å². The maximum Gasteiger partial charge on any atom is 0.242 e. The van der Waals surface area contributed by atoms with Gasteiger partial charge in [-0.3, -0.25) is 9.59 Å². The monoisotopic (exact) mass is 284 g/mol. The quantitative estimate of drug-likeness (QED) is 0.657. The van der Waals surface area contributed by atoms with E-state index < -0.39 is 12.1 Å². The highest BCUT2D eigenvalue weighted by Crippen LogP contribution is 2.27. The summed E-state index contributed by atoms with van der Waals surface area (Å²) in [6.45, 7) is 5.75. The Morgan fingerprint density at radius 2 is 1.85 bits per heavy atom. The van der Waals surface area contributed by atoms with Gasteiger partial charge in [0.05, 0.1) is 6.10 Å². The minimum absolute atomic E-state index is 0.171. The molecule has 20 heavy (non-hydrogen) atoms. The molecule has 0 radical (unpaired) electrons. The zero-order chi connectivity index (χ0) is 15.1. The molecule has 5 nitrogen and oxygen atoms in total. The topological polar surface area (TPSA) is 78.4 Å². The van der Waals surface area contributed by atoms with Gasteiger partial charge >= 0.3 is 0 Å². The highest BCUT2D eigenvalue weighted by atomic mass is 16.3. The fourth-order valence-electron chi connectivity index (χ4n) is 2.86. The van der Waals surface area contributed by atoms with E-state index in [1.165, 1.54) is 6.92 Å². The number of aliphatic hydroxyl groups excluding tert-OH is 1. The van der Waals surface area contributed by atoms with Gasteiger partial charge in [0.25, 0.3) is 0 Å². The lowest BCUT2D eigenvalue weighted by Crippen LogP contribution is -2.51. The van der Waals surface area contributed by atoms with Crippen molar-refractivity contribution in [3.63, 3.8) is 0 Å². The van der Waals surface area contributed by atoms with E-state index in [-0.39, 0.29) is 24.3 Å². The second-order valence-electron chi connectivity index (χ2n) is 6.25. The van der Waals surface area contributed by atoms with Crippen LogP contribution in [0, 0.1) is 11.8 Å². The Bertz CT molecular complexity index is 325. The Labute approximate surface area is 121 Å². The summed E-state index contributed by atoms with van der Waals surface area (Å²) in [4.78, 5) is 23.5. The van der Waals surface area contributed by atoms with E-state index in [1.54, 1.807) is 0 Å². The number of amides is 2. The number of hydrogen-bond acceptors (Lipinski definition) is 3. The Morgan fingerprint density at radius 3 is 2.35 bits per heavy atom. The third-order valence-electron chi connectivity index (χ3n) is 3.77. The SMILES string of the molecule is CC(=O)NC(C(=O)NCC(O)CC(C)C)C1CCCC1. The van der Waals surface area contributed by atoms with Gasteiger partial charge in [0.1, 0.15) is 6.04 Å². The molecule has 1 rings (SSSR count). The molecule has 2 unspecified atom stereocenters. The van der Waals surface area contributed by atoms with Gasteiger partial charge in [0.15, 0.2) is 0 Å². The predicted molar refractivity (Wildman–Crippen MR) is 78.0 cm³/mol. The zero-order valence-electron chi connectivity index (χ0n) is 12.8. The third-order valence-corrected chi connectivity index (χ3v) is 3.77. The molecule has 2 atom stereocenters. The van der Waals surface area contributed by atoms with Crippen molar-refractivity contribution in [3.8, 4) is 0 Å². The summed E-state index contributed by atoms with van der Waals surface area (Å²) < 4.78 is 0. The van der Waals surface area contributed by atoms with E-state index in [4.69, 9.17) is 0 Å². The summed E-state index contributed by atoms with van der Waals surface area (Å²) in [6, 6.07) is -0.457. The minimum atomic E-state index is -0.527. The second kappa shape index (κ2) is 8.25. The molecule has 0 aromatic carbocycles. The highest BCUT2D eigenvalue weighted by Gasteiger charge is 2.31. The fourth-order valence-corrected chi connectivity index (χ4v) is 2.86. The van der Waals surface area contributed by atoms with Crippen molar-refractivity contribution < 1.29 is 14.7 Å². The first kappa shape index (κ1) is 17.0. The van der Waals surface area contributed by atoms with Gasteiger partial charge in [-0.25, -0.2) is 0 Å². The van der Waals surface area contributed by atoms with Crippen LogP contribution in [0.2, 0.25) is 0 Å². The predicted octanol–water partition coefficient (Wildman–Crippen LogP) is 1.20. The first-order valence-corrected chi connectivity index (χ1v) is 7.63. The zero-order valence-corrected chi connectivity index (χ0v) is 12.8. The van der Waals surface area contributed by atoms with Crippen LogP contribution in [-0.4, -0.2) is 35.6 Å². The van der Waals surface area contributed by atoms with Crippen LogP contribution in [0.5, 0.6) is 0 Å². The van der Waals surface area contributed by atoms with E-state index in [9.17, 15) is 14.7 Å². The molecule has 2 amide bonds. The Hall–Kier alpha value is -1.10. The van der Waals surface area contributed by atoms with Crippen LogP contribution in [0.15, 0.2) is 0 Å². The van der Waals surface area contributed by atoms with Gasteiger partial charge in [0.2, 0.25) is 11.8 Å². The highest BCUT2D eigenvalue weighted by molar-refractivity contribution is 5.87. The molecule has 1 fully saturated rings. The average molecular weight is 284 g/mol. The van der Waals surface area contributed by atoms with Crippen LogP contribution in [-0.2, 0) is 9.59 Å². The first-order valence-electron chi connectivity index (χ1n) is 7.63. The van der Waals surface area contributed by atoms with Crippen molar-refractivity contribution in [1.29, 1.82) is 0 Å². The molecule has 116 valence electrons. The molecule has 0 bridgehead atoms. The standard InChI is InChI=1S/C15H28N2O3/c1-10(2)8-13(19)9-16-15(20)14(17-11(3)18)12-6-4-5-7-12/h10,12-14,19H,4-9H2,1-3H3,(H,16,20)(H,17,18). The number of carbonyl (C=O) groups is 2. The molecule has 0 heterocycles. The Morgan fingerprint density at radius 1 is 1.25 bits per heavy atom. The molecule has 1 aliphatic carbocycles. The lowest BCUT2D eigenvalue weighted by molar-refractivity contribution is -0.129. The maximum atomic E-state index is 12.2. The van der Waals surface area contributed by atoms with Crippen LogP contribution >= 0.6 is 0 Å². The van der Waals surface area contributed by atoms with Crippen LogP contribution in [0.25, 0.3) is 0 Å². The van der Waals surface area contributed by atoms with Gasteiger partial charge in [-0.2, -0.15) is 0 Å². The van der Waals surface area contributed by atoms with Gasteiger partial charge in [0, 0.05) is 13.5 Å². The molecule has 0 aromatic heterocycles. The summed E-state index contributed by atoms with van der Waals surface area (Å²) >= 11 is 0. The number of hydrogen-bond donors (Lipinski definition) is 3. The maximum absolute atomic E-state index is 12.2. The summed E-state index contributed by atoms with van der Waals surface area (Å²) in [7, 11) is 0. The van der Waals surface area contributed by atoms with Crippen molar-refractivity contribution in [1.82, 2.24) is 10.6 Å². The summed E-state index contributed by atoms with van der Waals surface area (Å²) in [5.74, 6) is 0.263. The molecule has 0 spiro atoms. The number of carbonyl (C=O) groups excluding carboxylic acids is 2. The lowest BCUT2D eigenvalue weighted by atomic mass is 9.97. The van der Waals surface area contributed by atoms with Gasteiger partial charge in [-0.15, -0.1) is 0 Å². The van der Waals surface area contributed by atoms with Crippen molar-refractivity contribution in [2.75, 3.05) is 6.54 Å². The first-order chi connectivity index (χ1) is 9.40. The molecular weight excluding hydrogens is 256 g/mol. The van der Waals surface area contributed by atoms with Crippen molar-refractivity contribution >= 4 is 11.8 Å². The average Bonchev–Trinajstić information content (AvgIpc) is 2.85. The minimum Gasteiger partial charge on any atom is -0.391 e. The van der Waals surface area contributed by atoms with Gasteiger partial charge < -0.3 is 15.7 Å². The summed E-state index contributed by atoms with van der Waals surface area (Å²) in [5.41, 5.74) is 0. The largest absolute Gasteiger partial charge is 0.391 e. The van der Waals surface area contributed by atoms with E-state index in [1.807, 2.05) is 13.8 Å². The molecule has 0 aromatic rings. The second-order valence-corrected chi connectivity index (χ2v) is 6.25. The normalized spacial score (nSPS) is 18.9. The molecule has 1 saturated carbocycles. The van der Waals surface area contributed by atoms with E-state index in [2.05, 4.69) is 10.6 Å². The van der Waals surface area contributed by atoms with E-state index in [0.717, 1.165) is 25.7 Å². The van der Waals surface area contributed by atoms with Gasteiger partial charge in [-0.1, -0.05) is 26.7 Å². The smallest absolute Gasteiger partial charge is 0.242 e. The van der Waals surface area contributed by atoms with Crippen molar-refractivity contribution in [2.24, 2.45) is 11.8 Å². The third kappa shape index (κ3) is 5.90. The van der Waals surface area contributed by atoms with Crippen LogP contribution in [0.4, 0.5) is 0 Å². The summed E-state index contributed by atoms with van der Waals surface area (Å²) in [6.07, 6.45) is 4.32. The number of aliphatic hydroxyl groups is 1. The Kier molecular flexibility index (Phi) is 6.99.